The second kappa shape index (κ2) is 8.33. The Morgan fingerprint density at radius 2 is 2.12 bits per heavy atom. The number of rotatable bonds is 7. The van der Waals surface area contributed by atoms with Gasteiger partial charge in [0.25, 0.3) is 0 Å². The first-order chi connectivity index (χ1) is 12.6. The van der Waals surface area contributed by atoms with Crippen molar-refractivity contribution in [1.82, 2.24) is 4.90 Å². The lowest BCUT2D eigenvalue weighted by atomic mass is 10.1. The molecule has 0 saturated carbocycles. The van der Waals surface area contributed by atoms with E-state index in [0.29, 0.717) is 31.9 Å². The largest absolute Gasteiger partial charge is 0.508 e. The summed E-state index contributed by atoms with van der Waals surface area (Å²) in [6.07, 6.45) is 0.202. The van der Waals surface area contributed by atoms with E-state index in [1.165, 1.54) is 0 Å². The maximum atomic E-state index is 13.0. The minimum atomic E-state index is -0.367. The van der Waals surface area contributed by atoms with Gasteiger partial charge in [-0.15, -0.1) is 11.3 Å². The predicted octanol–water partition coefficient (Wildman–Crippen LogP) is 2.48. The quantitative estimate of drug-likeness (QED) is 0.808. The maximum absolute atomic E-state index is 13.0. The molecule has 1 atom stereocenters. The number of carbonyl (C=O) groups is 2. The molecule has 3 rings (SSSR count). The van der Waals surface area contributed by atoms with E-state index in [9.17, 15) is 14.7 Å². The molecule has 2 heterocycles. The Bertz CT molecular complexity index is 745. The molecule has 1 aliphatic heterocycles. The minimum Gasteiger partial charge on any atom is -0.508 e. The Hall–Kier alpha value is -2.38. The topological polar surface area (TPSA) is 70.1 Å². The van der Waals surface area contributed by atoms with Crippen molar-refractivity contribution in [3.05, 3.63) is 46.7 Å². The summed E-state index contributed by atoms with van der Waals surface area (Å²) in [6.45, 7) is 1.84. The van der Waals surface area contributed by atoms with Crippen LogP contribution in [-0.2, 0) is 20.9 Å². The molecule has 7 heteroatoms. The summed E-state index contributed by atoms with van der Waals surface area (Å²) in [7, 11) is 1.61. The lowest BCUT2D eigenvalue weighted by Crippen LogP contribution is -2.38. The maximum Gasteiger partial charge on any atom is 0.228 e. The van der Waals surface area contributed by atoms with Crippen molar-refractivity contribution < 1.29 is 19.4 Å². The number of thiophene rings is 1. The molecule has 138 valence electrons. The normalized spacial score (nSPS) is 16.9. The Morgan fingerprint density at radius 1 is 1.35 bits per heavy atom. The summed E-state index contributed by atoms with van der Waals surface area (Å²) < 4.78 is 5.14. The predicted molar refractivity (Wildman–Crippen MR) is 100 cm³/mol. The second-order valence-corrected chi connectivity index (χ2v) is 7.29. The Labute approximate surface area is 156 Å². The fourth-order valence-corrected chi connectivity index (χ4v) is 3.79. The van der Waals surface area contributed by atoms with Gasteiger partial charge in [0.2, 0.25) is 11.8 Å². The van der Waals surface area contributed by atoms with Gasteiger partial charge in [-0.25, -0.2) is 0 Å². The molecule has 2 amide bonds. The van der Waals surface area contributed by atoms with Crippen molar-refractivity contribution in [2.75, 3.05) is 31.7 Å². The number of phenols is 1. The van der Waals surface area contributed by atoms with Crippen molar-refractivity contribution in [3.63, 3.8) is 0 Å². The fraction of sp³-hybridized carbons (Fsp3) is 0.368. The number of hydrogen-bond acceptors (Lipinski definition) is 5. The zero-order valence-electron chi connectivity index (χ0n) is 14.6. The van der Waals surface area contributed by atoms with Gasteiger partial charge in [-0.2, -0.15) is 0 Å². The smallest absolute Gasteiger partial charge is 0.228 e. The van der Waals surface area contributed by atoms with Crippen LogP contribution in [0.3, 0.4) is 0 Å². The molecular weight excluding hydrogens is 352 g/mol. The standard InChI is InChI=1S/C19H22N2O4S/c1-25-9-8-20(13-17-3-2-10-26-17)19(24)14-11-18(23)21(12-14)15-4-6-16(22)7-5-15/h2-7,10,14,22H,8-9,11-13H2,1H3/t14-/m1/s1. The van der Waals surface area contributed by atoms with Crippen molar-refractivity contribution in [2.45, 2.75) is 13.0 Å². The van der Waals surface area contributed by atoms with Crippen LogP contribution < -0.4 is 4.90 Å². The third-order valence-corrected chi connectivity index (χ3v) is 5.30. The molecule has 0 aliphatic carbocycles. The van der Waals surface area contributed by atoms with Gasteiger partial charge in [-0.3, -0.25) is 9.59 Å². The molecule has 1 saturated heterocycles. The average molecular weight is 374 g/mol. The summed E-state index contributed by atoms with van der Waals surface area (Å²) in [5.74, 6) is -0.315. The van der Waals surface area contributed by atoms with E-state index in [1.807, 2.05) is 17.5 Å². The number of nitrogens with zero attached hydrogens (tertiary/aromatic N) is 2. The van der Waals surface area contributed by atoms with E-state index < -0.39 is 0 Å². The number of phenolic OH excluding ortho intramolecular Hbond substituents is 1. The van der Waals surface area contributed by atoms with Gasteiger partial charge in [-0.1, -0.05) is 6.07 Å². The second-order valence-electron chi connectivity index (χ2n) is 6.25. The molecule has 1 aliphatic rings. The molecule has 0 radical (unpaired) electrons. The molecule has 0 spiro atoms. The number of aromatic hydroxyl groups is 1. The van der Waals surface area contributed by atoms with Gasteiger partial charge >= 0.3 is 0 Å². The molecule has 26 heavy (non-hydrogen) atoms. The molecule has 1 fully saturated rings. The first-order valence-electron chi connectivity index (χ1n) is 8.48. The molecule has 1 N–H and O–H groups in total. The molecule has 1 aromatic heterocycles. The van der Waals surface area contributed by atoms with Crippen LogP contribution in [0.25, 0.3) is 0 Å². The monoisotopic (exact) mass is 374 g/mol. The van der Waals surface area contributed by atoms with Crippen LogP contribution in [0.5, 0.6) is 5.75 Å². The number of benzene rings is 1. The summed E-state index contributed by atoms with van der Waals surface area (Å²) >= 11 is 1.61. The van der Waals surface area contributed by atoms with Crippen molar-refractivity contribution >= 4 is 28.8 Å². The number of amides is 2. The van der Waals surface area contributed by atoms with Gasteiger partial charge in [0.05, 0.1) is 19.1 Å². The highest BCUT2D eigenvalue weighted by atomic mass is 32.1. The van der Waals surface area contributed by atoms with Crippen molar-refractivity contribution in [3.8, 4) is 5.75 Å². The lowest BCUT2D eigenvalue weighted by molar-refractivity contribution is -0.137. The Kier molecular flexibility index (Phi) is 5.90. The van der Waals surface area contributed by atoms with Gasteiger partial charge in [0.1, 0.15) is 5.75 Å². The van der Waals surface area contributed by atoms with Crippen molar-refractivity contribution in [2.24, 2.45) is 5.92 Å². The zero-order valence-corrected chi connectivity index (χ0v) is 15.4. The summed E-state index contributed by atoms with van der Waals surface area (Å²) in [6, 6.07) is 10.4. The van der Waals surface area contributed by atoms with Crippen LogP contribution in [0.15, 0.2) is 41.8 Å². The highest BCUT2D eigenvalue weighted by Crippen LogP contribution is 2.28. The van der Waals surface area contributed by atoms with Crippen LogP contribution in [0.1, 0.15) is 11.3 Å². The molecule has 1 aromatic carbocycles. The fourth-order valence-electron chi connectivity index (χ4n) is 3.07. The van der Waals surface area contributed by atoms with E-state index in [1.54, 1.807) is 52.5 Å². The Balaban J connectivity index is 1.70. The van der Waals surface area contributed by atoms with Gasteiger partial charge in [0.15, 0.2) is 0 Å². The molecule has 0 bridgehead atoms. The van der Waals surface area contributed by atoms with Gasteiger partial charge in [-0.05, 0) is 35.7 Å². The first kappa shape index (κ1) is 18.4. The summed E-state index contributed by atoms with van der Waals surface area (Å²) in [4.78, 5) is 29.9. The van der Waals surface area contributed by atoms with E-state index in [2.05, 4.69) is 0 Å². The van der Waals surface area contributed by atoms with Crippen molar-refractivity contribution in [1.29, 1.82) is 0 Å². The van der Waals surface area contributed by atoms with E-state index in [-0.39, 0.29) is 29.9 Å². The minimum absolute atomic E-state index is 0.0231. The van der Waals surface area contributed by atoms with E-state index >= 15 is 0 Å². The SMILES string of the molecule is COCCN(Cc1cccs1)C(=O)[C@@H]1CC(=O)N(c2ccc(O)cc2)C1. The highest BCUT2D eigenvalue weighted by Gasteiger charge is 2.37. The van der Waals surface area contributed by atoms with Crippen LogP contribution in [0.2, 0.25) is 0 Å². The highest BCUT2D eigenvalue weighted by molar-refractivity contribution is 7.09. The molecule has 6 nitrogen and oxygen atoms in total. The van der Waals surface area contributed by atoms with Gasteiger partial charge in [0, 0.05) is 37.2 Å². The third-order valence-electron chi connectivity index (χ3n) is 4.44. The number of hydrogen-bond donors (Lipinski definition) is 1. The summed E-state index contributed by atoms with van der Waals surface area (Å²) in [5.41, 5.74) is 0.699. The number of ether oxygens (including phenoxy) is 1. The van der Waals surface area contributed by atoms with Crippen LogP contribution in [0.4, 0.5) is 5.69 Å². The number of anilines is 1. The first-order valence-corrected chi connectivity index (χ1v) is 9.36. The van der Waals surface area contributed by atoms with Gasteiger partial charge < -0.3 is 19.6 Å². The van der Waals surface area contributed by atoms with Crippen LogP contribution >= 0.6 is 11.3 Å². The molecular formula is C19H22N2O4S. The van der Waals surface area contributed by atoms with E-state index in [4.69, 9.17) is 4.74 Å². The Morgan fingerprint density at radius 3 is 2.77 bits per heavy atom. The van der Waals surface area contributed by atoms with Crippen LogP contribution in [-0.4, -0.2) is 48.6 Å². The van der Waals surface area contributed by atoms with E-state index in [0.717, 1.165) is 4.88 Å². The third kappa shape index (κ3) is 4.23. The number of methoxy groups -OCH3 is 1. The van der Waals surface area contributed by atoms with Crippen LogP contribution in [0, 0.1) is 5.92 Å². The number of carbonyl (C=O) groups excluding carboxylic acids is 2. The lowest BCUT2D eigenvalue weighted by Gasteiger charge is -2.25. The molecule has 2 aromatic rings. The zero-order chi connectivity index (χ0) is 18.5. The molecule has 0 unspecified atom stereocenters. The summed E-state index contributed by atoms with van der Waals surface area (Å²) in [5, 5.41) is 11.4. The average Bonchev–Trinajstić information content (AvgIpc) is 3.28.